The Morgan fingerprint density at radius 1 is 1.56 bits per heavy atom. The molecule has 1 unspecified atom stereocenters. The van der Waals surface area contributed by atoms with Crippen LogP contribution in [-0.4, -0.2) is 31.3 Å². The number of nitro groups is 1. The minimum absolute atomic E-state index is 0.104. The fourth-order valence-electron chi connectivity index (χ4n) is 1.10. The van der Waals surface area contributed by atoms with E-state index in [1.807, 2.05) is 0 Å². The smallest absolute Gasteiger partial charge is 0.458 e. The van der Waals surface area contributed by atoms with Gasteiger partial charge >= 0.3 is 11.9 Å². The quantitative estimate of drug-likeness (QED) is 0.478. The van der Waals surface area contributed by atoms with E-state index in [0.29, 0.717) is 0 Å². The molecule has 0 bridgehead atoms. The van der Waals surface area contributed by atoms with Crippen LogP contribution in [0.15, 0.2) is 4.73 Å². The van der Waals surface area contributed by atoms with Crippen LogP contribution in [0.1, 0.15) is 33.7 Å². The highest BCUT2D eigenvalue weighted by Crippen LogP contribution is 2.20. The Morgan fingerprint density at radius 3 is 2.50 bits per heavy atom. The van der Waals surface area contributed by atoms with Gasteiger partial charge in [0, 0.05) is 21.0 Å². The molecule has 1 rings (SSSR count). The largest absolute Gasteiger partial charge is 0.492 e. The monoisotopic (exact) mass is 320 g/mol. The first kappa shape index (κ1) is 14.6. The molecule has 0 aromatic carbocycles. The van der Waals surface area contributed by atoms with Gasteiger partial charge in [-0.15, -0.1) is 4.68 Å². The summed E-state index contributed by atoms with van der Waals surface area (Å²) in [4.78, 5) is 25.1. The highest BCUT2D eigenvalue weighted by Gasteiger charge is 2.30. The first-order valence-electron chi connectivity index (χ1n) is 5.11. The predicted molar refractivity (Wildman–Crippen MR) is 64.9 cm³/mol. The molecule has 9 heteroatoms. The Morgan fingerprint density at radius 2 is 2.11 bits per heavy atom. The highest BCUT2D eigenvalue weighted by molar-refractivity contribution is 9.10. The minimum atomic E-state index is -0.806. The fraction of sp³-hybridized carbons (Fsp3) is 0.667. The summed E-state index contributed by atoms with van der Waals surface area (Å²) in [5, 5.41) is 14.1. The van der Waals surface area contributed by atoms with Crippen molar-refractivity contribution in [3.8, 4) is 0 Å². The summed E-state index contributed by atoms with van der Waals surface area (Å²) >= 11 is 3.01. The molecule has 1 aromatic heterocycles. The van der Waals surface area contributed by atoms with Gasteiger partial charge in [-0.1, -0.05) is 0 Å². The van der Waals surface area contributed by atoms with Crippen molar-refractivity contribution in [1.29, 1.82) is 0 Å². The molecule has 0 saturated carbocycles. The van der Waals surface area contributed by atoms with Crippen molar-refractivity contribution in [3.63, 3.8) is 0 Å². The number of esters is 1. The zero-order valence-electron chi connectivity index (χ0n) is 10.4. The van der Waals surface area contributed by atoms with Crippen LogP contribution in [-0.2, 0) is 9.53 Å². The summed E-state index contributed by atoms with van der Waals surface area (Å²) in [6.45, 7) is 6.72. The predicted octanol–water partition coefficient (Wildman–Crippen LogP) is 1.85. The second kappa shape index (κ2) is 5.01. The Balaban J connectivity index is 2.93. The summed E-state index contributed by atoms with van der Waals surface area (Å²) < 4.78 is 6.37. The van der Waals surface area contributed by atoms with Crippen molar-refractivity contribution in [2.75, 3.05) is 0 Å². The third-order valence-electron chi connectivity index (χ3n) is 1.86. The van der Waals surface area contributed by atoms with E-state index in [-0.39, 0.29) is 4.73 Å². The lowest BCUT2D eigenvalue weighted by Crippen LogP contribution is -2.29. The molecule has 1 atom stereocenters. The SMILES string of the molecule is CC(C(=O)OC(C)(C)C)n1nc([N+](=O)[O-])nc1Br. The lowest BCUT2D eigenvalue weighted by atomic mass is 10.2. The van der Waals surface area contributed by atoms with Crippen molar-refractivity contribution in [2.45, 2.75) is 39.3 Å². The van der Waals surface area contributed by atoms with E-state index in [2.05, 4.69) is 26.0 Å². The molecule has 0 radical (unpaired) electrons. The van der Waals surface area contributed by atoms with Gasteiger partial charge in [0.1, 0.15) is 5.60 Å². The lowest BCUT2D eigenvalue weighted by Gasteiger charge is -2.21. The lowest BCUT2D eigenvalue weighted by molar-refractivity contribution is -0.394. The number of hydrogen-bond donors (Lipinski definition) is 0. The van der Waals surface area contributed by atoms with Gasteiger partial charge in [-0.05, 0) is 37.6 Å². The van der Waals surface area contributed by atoms with Crippen molar-refractivity contribution in [1.82, 2.24) is 14.8 Å². The maximum absolute atomic E-state index is 11.8. The van der Waals surface area contributed by atoms with E-state index < -0.39 is 28.5 Å². The summed E-state index contributed by atoms with van der Waals surface area (Å²) in [5.74, 6) is -1.11. The maximum Gasteiger partial charge on any atom is 0.492 e. The summed E-state index contributed by atoms with van der Waals surface area (Å²) in [6.07, 6.45) is 0. The van der Waals surface area contributed by atoms with E-state index in [1.54, 1.807) is 20.8 Å². The van der Waals surface area contributed by atoms with Crippen molar-refractivity contribution in [2.24, 2.45) is 0 Å². The number of hydrogen-bond acceptors (Lipinski definition) is 6. The number of carbonyl (C=O) groups excluding carboxylic acids is 1. The number of aromatic nitrogens is 3. The van der Waals surface area contributed by atoms with Crippen molar-refractivity contribution >= 4 is 27.8 Å². The highest BCUT2D eigenvalue weighted by atomic mass is 79.9. The van der Waals surface area contributed by atoms with Crippen LogP contribution in [0.5, 0.6) is 0 Å². The van der Waals surface area contributed by atoms with E-state index >= 15 is 0 Å². The van der Waals surface area contributed by atoms with E-state index in [0.717, 1.165) is 4.68 Å². The minimum Gasteiger partial charge on any atom is -0.458 e. The molecular formula is C9H13BrN4O4. The number of rotatable bonds is 3. The molecule has 0 fully saturated rings. The zero-order valence-corrected chi connectivity index (χ0v) is 12.0. The molecular weight excluding hydrogens is 308 g/mol. The molecule has 0 aliphatic rings. The first-order chi connectivity index (χ1) is 8.11. The summed E-state index contributed by atoms with van der Waals surface area (Å²) in [5.41, 5.74) is -0.635. The molecule has 0 N–H and O–H groups in total. The van der Waals surface area contributed by atoms with Gasteiger partial charge < -0.3 is 14.9 Å². The van der Waals surface area contributed by atoms with Crippen molar-refractivity contribution < 1.29 is 14.5 Å². The first-order valence-corrected chi connectivity index (χ1v) is 5.90. The van der Waals surface area contributed by atoms with Crippen LogP contribution in [0.2, 0.25) is 0 Å². The van der Waals surface area contributed by atoms with Gasteiger partial charge in [-0.2, -0.15) is 0 Å². The molecule has 0 amide bonds. The molecule has 1 aromatic rings. The number of ether oxygens (including phenoxy) is 1. The third kappa shape index (κ3) is 3.49. The molecule has 1 heterocycles. The molecule has 0 aliphatic heterocycles. The van der Waals surface area contributed by atoms with Gasteiger partial charge in [0.05, 0.1) is 0 Å². The summed E-state index contributed by atoms with van der Waals surface area (Å²) in [7, 11) is 0. The zero-order chi connectivity index (χ0) is 14.1. The van der Waals surface area contributed by atoms with E-state index in [9.17, 15) is 14.9 Å². The fourth-order valence-corrected chi connectivity index (χ4v) is 1.65. The molecule has 8 nitrogen and oxygen atoms in total. The average Bonchev–Trinajstić information content (AvgIpc) is 2.56. The van der Waals surface area contributed by atoms with Crippen molar-refractivity contribution in [3.05, 3.63) is 14.8 Å². The maximum atomic E-state index is 11.8. The Hall–Kier alpha value is -1.51. The third-order valence-corrected chi connectivity index (χ3v) is 2.40. The molecule has 0 aliphatic carbocycles. The van der Waals surface area contributed by atoms with Crippen LogP contribution >= 0.6 is 15.9 Å². The van der Waals surface area contributed by atoms with E-state index in [4.69, 9.17) is 4.74 Å². The van der Waals surface area contributed by atoms with Gasteiger partial charge in [0.25, 0.3) is 4.73 Å². The van der Waals surface area contributed by atoms with Gasteiger partial charge in [-0.3, -0.25) is 0 Å². The average molecular weight is 321 g/mol. The topological polar surface area (TPSA) is 100 Å². The second-order valence-corrected chi connectivity index (χ2v) is 5.30. The van der Waals surface area contributed by atoms with Gasteiger partial charge in [0.2, 0.25) is 0 Å². The van der Waals surface area contributed by atoms with Crippen LogP contribution in [0.25, 0.3) is 0 Å². The number of nitrogens with zero attached hydrogens (tertiary/aromatic N) is 4. The molecule has 18 heavy (non-hydrogen) atoms. The normalized spacial score (nSPS) is 13.2. The van der Waals surface area contributed by atoms with E-state index in [1.165, 1.54) is 6.92 Å². The van der Waals surface area contributed by atoms with Crippen LogP contribution in [0, 0.1) is 10.1 Å². The van der Waals surface area contributed by atoms with Gasteiger partial charge in [0.15, 0.2) is 6.04 Å². The van der Waals surface area contributed by atoms with Crippen LogP contribution < -0.4 is 0 Å². The molecule has 100 valence electrons. The van der Waals surface area contributed by atoms with Gasteiger partial charge in [-0.25, -0.2) is 4.79 Å². The standard InChI is InChI=1S/C9H13BrN4O4/c1-5(6(15)18-9(2,3)4)13-7(10)11-8(12-13)14(16)17/h5H,1-4H3. The Kier molecular flexibility index (Phi) is 4.05. The molecule has 0 saturated heterocycles. The summed E-state index contributed by atoms with van der Waals surface area (Å²) in [6, 6.07) is -0.806. The van der Waals surface area contributed by atoms with Crippen LogP contribution in [0.3, 0.4) is 0 Å². The number of carbonyl (C=O) groups is 1. The molecule has 0 spiro atoms. The van der Waals surface area contributed by atoms with Crippen LogP contribution in [0.4, 0.5) is 5.95 Å². The Bertz CT molecular complexity index is 479. The number of halogens is 1. The second-order valence-electron chi connectivity index (χ2n) is 4.59. The Labute approximate surface area is 112 Å².